The zero-order chi connectivity index (χ0) is 17.2. The van der Waals surface area contributed by atoms with E-state index in [2.05, 4.69) is 34.6 Å². The number of aromatic nitrogens is 1. The van der Waals surface area contributed by atoms with Gasteiger partial charge in [0.25, 0.3) is 0 Å². The van der Waals surface area contributed by atoms with Crippen LogP contribution in [0.4, 0.5) is 0 Å². The zero-order valence-corrected chi connectivity index (χ0v) is 18.9. The van der Waals surface area contributed by atoms with E-state index in [-0.39, 0.29) is 24.0 Å². The molecule has 1 N–H and O–H groups in total. The van der Waals surface area contributed by atoms with Crippen LogP contribution in [0.15, 0.2) is 10.4 Å². The predicted molar refractivity (Wildman–Crippen MR) is 117 cm³/mol. The lowest BCUT2D eigenvalue weighted by molar-refractivity contribution is 0.0486. The van der Waals surface area contributed by atoms with E-state index in [1.54, 1.807) is 11.3 Å². The molecule has 1 saturated carbocycles. The Morgan fingerprint density at radius 3 is 2.68 bits per heavy atom. The minimum atomic E-state index is 0. The van der Waals surface area contributed by atoms with Crippen LogP contribution in [-0.2, 0) is 11.3 Å². The second-order valence-corrected chi connectivity index (χ2v) is 7.50. The molecule has 5 nitrogen and oxygen atoms in total. The van der Waals surface area contributed by atoms with Crippen LogP contribution in [0.1, 0.15) is 56.2 Å². The van der Waals surface area contributed by atoms with Gasteiger partial charge in [-0.1, -0.05) is 25.7 Å². The molecule has 2 rings (SSSR count). The summed E-state index contributed by atoms with van der Waals surface area (Å²) in [7, 11) is 2.06. The molecular formula is C18H33IN4OS. The van der Waals surface area contributed by atoms with Crippen LogP contribution in [0, 0.1) is 6.92 Å². The van der Waals surface area contributed by atoms with Crippen molar-refractivity contribution in [2.75, 3.05) is 26.7 Å². The molecule has 7 heteroatoms. The maximum atomic E-state index is 6.03. The van der Waals surface area contributed by atoms with Crippen molar-refractivity contribution in [1.82, 2.24) is 15.2 Å². The highest BCUT2D eigenvalue weighted by Crippen LogP contribution is 2.19. The van der Waals surface area contributed by atoms with Gasteiger partial charge in [0.05, 0.1) is 36.5 Å². The van der Waals surface area contributed by atoms with E-state index in [0.717, 1.165) is 29.8 Å². The van der Waals surface area contributed by atoms with E-state index in [4.69, 9.17) is 9.73 Å². The van der Waals surface area contributed by atoms with Gasteiger partial charge >= 0.3 is 0 Å². The first-order valence-corrected chi connectivity index (χ1v) is 10.1. The van der Waals surface area contributed by atoms with Crippen molar-refractivity contribution in [3.05, 3.63) is 16.1 Å². The molecule has 0 aromatic carbocycles. The fourth-order valence-corrected chi connectivity index (χ4v) is 3.65. The van der Waals surface area contributed by atoms with Crippen LogP contribution < -0.4 is 5.32 Å². The maximum absolute atomic E-state index is 6.03. The first kappa shape index (κ1) is 22.6. The van der Waals surface area contributed by atoms with Gasteiger partial charge in [-0.15, -0.1) is 35.3 Å². The first-order valence-electron chi connectivity index (χ1n) is 9.21. The van der Waals surface area contributed by atoms with Crippen molar-refractivity contribution in [2.24, 2.45) is 4.99 Å². The molecule has 1 aliphatic rings. The number of halogens is 1. The smallest absolute Gasteiger partial charge is 0.194 e. The largest absolute Gasteiger partial charge is 0.376 e. The molecular weight excluding hydrogens is 447 g/mol. The SMILES string of the molecule is CCNC(=NCCOC1CCCCCC1)N(C)Cc1csc(C)n1.I. The van der Waals surface area contributed by atoms with Crippen LogP contribution in [0.3, 0.4) is 0 Å². The Morgan fingerprint density at radius 2 is 2.08 bits per heavy atom. The van der Waals surface area contributed by atoms with E-state index < -0.39 is 0 Å². The van der Waals surface area contributed by atoms with Crippen LogP contribution >= 0.6 is 35.3 Å². The van der Waals surface area contributed by atoms with Crippen molar-refractivity contribution < 1.29 is 4.74 Å². The minimum Gasteiger partial charge on any atom is -0.376 e. The third kappa shape index (κ3) is 8.68. The lowest BCUT2D eigenvalue weighted by Crippen LogP contribution is -2.38. The number of ether oxygens (including phenoxy) is 1. The average Bonchev–Trinajstić information content (AvgIpc) is 2.82. The van der Waals surface area contributed by atoms with E-state index >= 15 is 0 Å². The third-order valence-corrected chi connectivity index (χ3v) is 5.09. The standard InChI is InChI=1S/C18H32N4OS.HI/c1-4-19-18(22(3)13-16-14-24-15(2)21-16)20-11-12-23-17-9-7-5-6-8-10-17;/h14,17H,4-13H2,1-3H3,(H,19,20);1H. The molecule has 1 aromatic heterocycles. The summed E-state index contributed by atoms with van der Waals surface area (Å²) in [6.07, 6.45) is 8.23. The normalized spacial score (nSPS) is 16.2. The van der Waals surface area contributed by atoms with Gasteiger partial charge in [-0.25, -0.2) is 4.98 Å². The lowest BCUT2D eigenvalue weighted by Gasteiger charge is -2.21. The summed E-state index contributed by atoms with van der Waals surface area (Å²) in [6, 6.07) is 0. The van der Waals surface area contributed by atoms with Crippen molar-refractivity contribution in [3.8, 4) is 0 Å². The molecule has 0 amide bonds. The van der Waals surface area contributed by atoms with E-state index in [1.807, 2.05) is 6.92 Å². The summed E-state index contributed by atoms with van der Waals surface area (Å²) in [5.41, 5.74) is 1.10. The first-order chi connectivity index (χ1) is 11.7. The molecule has 0 atom stereocenters. The van der Waals surface area contributed by atoms with E-state index in [9.17, 15) is 0 Å². The number of aliphatic imine (C=N–C) groups is 1. The molecule has 1 aromatic rings. The summed E-state index contributed by atoms with van der Waals surface area (Å²) >= 11 is 1.69. The Bertz CT molecular complexity index is 501. The molecule has 0 radical (unpaired) electrons. The van der Waals surface area contributed by atoms with Crippen LogP contribution in [0.2, 0.25) is 0 Å². The van der Waals surface area contributed by atoms with E-state index in [0.29, 0.717) is 19.3 Å². The van der Waals surface area contributed by atoms with Crippen molar-refractivity contribution in [3.63, 3.8) is 0 Å². The molecule has 1 heterocycles. The molecule has 1 aliphatic carbocycles. The number of aryl methyl sites for hydroxylation is 1. The zero-order valence-electron chi connectivity index (χ0n) is 15.8. The molecule has 0 spiro atoms. The number of hydrogen-bond acceptors (Lipinski definition) is 4. The number of nitrogens with one attached hydrogen (secondary N) is 1. The monoisotopic (exact) mass is 480 g/mol. The summed E-state index contributed by atoms with van der Waals surface area (Å²) in [6.45, 7) is 7.20. The molecule has 0 saturated heterocycles. The predicted octanol–water partition coefficient (Wildman–Crippen LogP) is 4.21. The second kappa shape index (κ2) is 12.9. The molecule has 1 fully saturated rings. The van der Waals surface area contributed by atoms with Gasteiger partial charge in [-0.3, -0.25) is 4.99 Å². The second-order valence-electron chi connectivity index (χ2n) is 6.43. The van der Waals surface area contributed by atoms with Gasteiger partial charge < -0.3 is 15.0 Å². The molecule has 0 bridgehead atoms. The number of nitrogens with zero attached hydrogens (tertiary/aromatic N) is 3. The summed E-state index contributed by atoms with van der Waals surface area (Å²) in [5, 5.41) is 6.58. The van der Waals surface area contributed by atoms with Gasteiger partial charge in [0.1, 0.15) is 0 Å². The van der Waals surface area contributed by atoms with E-state index in [1.165, 1.54) is 38.5 Å². The van der Waals surface area contributed by atoms with Crippen molar-refractivity contribution in [1.29, 1.82) is 0 Å². The third-order valence-electron chi connectivity index (χ3n) is 4.27. The molecule has 144 valence electrons. The summed E-state index contributed by atoms with van der Waals surface area (Å²) in [5.74, 6) is 0.924. The van der Waals surface area contributed by atoms with Crippen molar-refractivity contribution >= 4 is 41.3 Å². The summed E-state index contributed by atoms with van der Waals surface area (Å²) < 4.78 is 6.03. The van der Waals surface area contributed by atoms with Gasteiger partial charge in [0.2, 0.25) is 0 Å². The van der Waals surface area contributed by atoms with Crippen LogP contribution in [0.25, 0.3) is 0 Å². The van der Waals surface area contributed by atoms with Gasteiger partial charge in [0.15, 0.2) is 5.96 Å². The summed E-state index contributed by atoms with van der Waals surface area (Å²) in [4.78, 5) is 11.4. The lowest BCUT2D eigenvalue weighted by atomic mass is 10.1. The number of rotatable bonds is 7. The van der Waals surface area contributed by atoms with Gasteiger partial charge in [-0.2, -0.15) is 0 Å². The molecule has 25 heavy (non-hydrogen) atoms. The highest BCUT2D eigenvalue weighted by molar-refractivity contribution is 14.0. The Hall–Kier alpha value is -0.410. The number of hydrogen-bond donors (Lipinski definition) is 1. The van der Waals surface area contributed by atoms with Gasteiger partial charge in [-0.05, 0) is 26.7 Å². The Labute approximate surface area is 173 Å². The number of guanidine groups is 1. The molecule has 0 aliphatic heterocycles. The Kier molecular flexibility index (Phi) is 11.6. The quantitative estimate of drug-likeness (QED) is 0.209. The minimum absolute atomic E-state index is 0. The molecule has 0 unspecified atom stereocenters. The fourth-order valence-electron chi connectivity index (χ4n) is 3.05. The Balaban J connectivity index is 0.00000312. The highest BCUT2D eigenvalue weighted by Gasteiger charge is 2.12. The number of thiazole rings is 1. The van der Waals surface area contributed by atoms with Crippen LogP contribution in [-0.4, -0.2) is 48.7 Å². The topological polar surface area (TPSA) is 49.8 Å². The highest BCUT2D eigenvalue weighted by atomic mass is 127. The maximum Gasteiger partial charge on any atom is 0.194 e. The average molecular weight is 480 g/mol. The fraction of sp³-hybridized carbons (Fsp3) is 0.778. The van der Waals surface area contributed by atoms with Crippen LogP contribution in [0.5, 0.6) is 0 Å². The van der Waals surface area contributed by atoms with Gasteiger partial charge in [0, 0.05) is 19.0 Å². The Morgan fingerprint density at radius 1 is 1.36 bits per heavy atom. The van der Waals surface area contributed by atoms with Crippen molar-refractivity contribution in [2.45, 2.75) is 65.0 Å².